The summed E-state index contributed by atoms with van der Waals surface area (Å²) >= 11 is 1.66. The Kier molecular flexibility index (Phi) is 5.37. The number of hydrogen-bond donors (Lipinski definition) is 1. The zero-order valence-corrected chi connectivity index (χ0v) is 13.9. The van der Waals surface area contributed by atoms with Crippen LogP contribution in [0.5, 0.6) is 0 Å². The molecule has 3 heterocycles. The monoisotopic (exact) mass is 335 g/mol. The van der Waals surface area contributed by atoms with Crippen LogP contribution in [-0.4, -0.2) is 57.9 Å². The van der Waals surface area contributed by atoms with Gasteiger partial charge >= 0.3 is 0 Å². The van der Waals surface area contributed by atoms with Crippen molar-refractivity contribution in [3.63, 3.8) is 0 Å². The molecule has 1 N–H and O–H groups in total. The van der Waals surface area contributed by atoms with Crippen molar-refractivity contribution in [1.82, 2.24) is 25.0 Å². The molecule has 1 aliphatic heterocycles. The Balaban J connectivity index is 1.46. The second-order valence-electron chi connectivity index (χ2n) is 5.65. The molecule has 3 rings (SSSR count). The first-order valence-corrected chi connectivity index (χ1v) is 8.58. The van der Waals surface area contributed by atoms with E-state index in [1.807, 2.05) is 24.4 Å². The summed E-state index contributed by atoms with van der Waals surface area (Å²) in [6, 6.07) is 4.09. The number of thiophene rings is 1. The Hall–Kier alpha value is -1.77. The molecule has 1 saturated heterocycles. The van der Waals surface area contributed by atoms with Crippen LogP contribution in [0.3, 0.4) is 0 Å². The van der Waals surface area contributed by atoms with Crippen LogP contribution >= 0.6 is 11.3 Å². The lowest BCUT2D eigenvalue weighted by Crippen LogP contribution is -2.48. The van der Waals surface area contributed by atoms with Gasteiger partial charge in [0.15, 0.2) is 0 Å². The number of nitrogens with zero attached hydrogens (tertiary/aromatic N) is 4. The van der Waals surface area contributed by atoms with Crippen LogP contribution in [0.1, 0.15) is 17.8 Å². The number of amides is 1. The predicted octanol–water partition coefficient (Wildman–Crippen LogP) is 0.918. The first-order chi connectivity index (χ1) is 11.2. The highest BCUT2D eigenvalue weighted by Gasteiger charge is 2.23. The van der Waals surface area contributed by atoms with Crippen molar-refractivity contribution in [3.05, 3.63) is 35.0 Å². The van der Waals surface area contributed by atoms with Crippen molar-refractivity contribution in [2.24, 2.45) is 0 Å². The molecule has 124 valence electrons. The second-order valence-corrected chi connectivity index (χ2v) is 6.63. The van der Waals surface area contributed by atoms with E-state index in [0.29, 0.717) is 19.7 Å². The Morgan fingerprint density at radius 2 is 2.52 bits per heavy atom. The minimum atomic E-state index is 0.0352. The van der Waals surface area contributed by atoms with Gasteiger partial charge in [0.25, 0.3) is 0 Å². The lowest BCUT2D eigenvalue weighted by atomic mass is 10.2. The van der Waals surface area contributed by atoms with Gasteiger partial charge in [0.1, 0.15) is 12.7 Å². The van der Waals surface area contributed by atoms with Gasteiger partial charge in [-0.2, -0.15) is 5.10 Å². The van der Waals surface area contributed by atoms with Gasteiger partial charge in [-0.25, -0.2) is 4.98 Å². The summed E-state index contributed by atoms with van der Waals surface area (Å²) in [7, 11) is 0. The second kappa shape index (κ2) is 7.67. The zero-order chi connectivity index (χ0) is 16.1. The maximum Gasteiger partial charge on any atom is 0.234 e. The predicted molar refractivity (Wildman–Crippen MR) is 87.1 cm³/mol. The quantitative estimate of drug-likeness (QED) is 0.850. The molecule has 2 atom stereocenters. The highest BCUT2D eigenvalue weighted by molar-refractivity contribution is 7.10. The van der Waals surface area contributed by atoms with E-state index >= 15 is 0 Å². The molecular weight excluding hydrogens is 314 g/mol. The molecule has 0 radical (unpaired) electrons. The first-order valence-electron chi connectivity index (χ1n) is 7.70. The molecule has 1 aliphatic rings. The van der Waals surface area contributed by atoms with E-state index in [1.165, 1.54) is 11.2 Å². The van der Waals surface area contributed by atoms with Gasteiger partial charge in [-0.1, -0.05) is 6.07 Å². The van der Waals surface area contributed by atoms with Crippen molar-refractivity contribution in [2.45, 2.75) is 25.6 Å². The molecule has 0 aromatic carbocycles. The molecule has 0 spiro atoms. The molecule has 8 heteroatoms. The van der Waals surface area contributed by atoms with Crippen LogP contribution in [-0.2, 0) is 16.1 Å². The van der Waals surface area contributed by atoms with E-state index < -0.39 is 0 Å². The highest BCUT2D eigenvalue weighted by atomic mass is 32.1. The van der Waals surface area contributed by atoms with E-state index in [2.05, 4.69) is 20.3 Å². The Labute approximate surface area is 139 Å². The summed E-state index contributed by atoms with van der Waals surface area (Å²) < 4.78 is 7.50. The van der Waals surface area contributed by atoms with Crippen LogP contribution in [0.2, 0.25) is 0 Å². The number of nitrogens with one attached hydrogen (secondary N) is 1. The lowest BCUT2D eigenvalue weighted by molar-refractivity contribution is -0.125. The average molecular weight is 335 g/mol. The zero-order valence-electron chi connectivity index (χ0n) is 13.1. The summed E-state index contributed by atoms with van der Waals surface area (Å²) in [5, 5.41) is 9.17. The average Bonchev–Trinajstić information content (AvgIpc) is 3.20. The molecule has 0 unspecified atom stereocenters. The van der Waals surface area contributed by atoms with Crippen molar-refractivity contribution in [2.75, 3.05) is 26.2 Å². The van der Waals surface area contributed by atoms with Gasteiger partial charge in [-0.15, -0.1) is 11.3 Å². The van der Waals surface area contributed by atoms with Crippen molar-refractivity contribution >= 4 is 17.2 Å². The Bertz CT molecular complexity index is 601. The first kappa shape index (κ1) is 16.1. The van der Waals surface area contributed by atoms with Gasteiger partial charge in [0.05, 0.1) is 31.8 Å². The number of carbonyl (C=O) groups is 1. The molecular formula is C15H21N5O2S. The fourth-order valence-electron chi connectivity index (χ4n) is 2.67. The Morgan fingerprint density at radius 3 is 3.26 bits per heavy atom. The van der Waals surface area contributed by atoms with Crippen LogP contribution in [0.4, 0.5) is 0 Å². The topological polar surface area (TPSA) is 72.3 Å². The largest absolute Gasteiger partial charge is 0.374 e. The third kappa shape index (κ3) is 4.60. The van der Waals surface area contributed by atoms with Crippen LogP contribution < -0.4 is 5.32 Å². The van der Waals surface area contributed by atoms with Crippen molar-refractivity contribution in [1.29, 1.82) is 0 Å². The third-order valence-corrected chi connectivity index (χ3v) is 4.85. The fourth-order valence-corrected chi connectivity index (χ4v) is 3.40. The molecule has 2 aromatic heterocycles. The summed E-state index contributed by atoms with van der Waals surface area (Å²) in [6.45, 7) is 5.19. The van der Waals surface area contributed by atoms with Crippen LogP contribution in [0, 0.1) is 0 Å². The maximum atomic E-state index is 12.2. The summed E-state index contributed by atoms with van der Waals surface area (Å²) in [5.74, 6) is 0.0484. The van der Waals surface area contributed by atoms with E-state index in [4.69, 9.17) is 4.74 Å². The summed E-state index contributed by atoms with van der Waals surface area (Å²) in [5.41, 5.74) is 0. The summed E-state index contributed by atoms with van der Waals surface area (Å²) in [6.07, 6.45) is 3.23. The standard InChI is InChI=1S/C15H21N5O2S/c1-12(14-3-2-6-23-14)18-15(21)9-19-4-5-22-13(7-19)8-20-11-16-10-17-20/h2-3,6,10-13H,4-5,7-9H2,1H3,(H,18,21)/t12-,13+/m1/s1. The number of morpholine rings is 1. The minimum absolute atomic E-state index is 0.0352. The van der Waals surface area contributed by atoms with Crippen LogP contribution in [0.25, 0.3) is 0 Å². The number of ether oxygens (including phenoxy) is 1. The molecule has 2 aromatic rings. The van der Waals surface area contributed by atoms with Crippen molar-refractivity contribution in [3.8, 4) is 0 Å². The number of hydrogen-bond acceptors (Lipinski definition) is 6. The Morgan fingerprint density at radius 1 is 1.61 bits per heavy atom. The SMILES string of the molecule is C[C@@H](NC(=O)CN1CCO[C@H](Cn2cncn2)C1)c1cccs1. The van der Waals surface area contributed by atoms with E-state index in [9.17, 15) is 4.79 Å². The lowest BCUT2D eigenvalue weighted by Gasteiger charge is -2.32. The van der Waals surface area contributed by atoms with Gasteiger partial charge in [0, 0.05) is 18.0 Å². The number of aromatic nitrogens is 3. The van der Waals surface area contributed by atoms with Crippen molar-refractivity contribution < 1.29 is 9.53 Å². The molecule has 0 aliphatic carbocycles. The molecule has 7 nitrogen and oxygen atoms in total. The molecule has 1 fully saturated rings. The van der Waals surface area contributed by atoms with Gasteiger partial charge in [0.2, 0.25) is 5.91 Å². The smallest absolute Gasteiger partial charge is 0.234 e. The van der Waals surface area contributed by atoms with Gasteiger partial charge < -0.3 is 10.1 Å². The number of carbonyl (C=O) groups excluding carboxylic acids is 1. The van der Waals surface area contributed by atoms with Gasteiger partial charge in [-0.05, 0) is 18.4 Å². The normalized spacial score (nSPS) is 20.3. The minimum Gasteiger partial charge on any atom is -0.374 e. The van der Waals surface area contributed by atoms with Crippen LogP contribution in [0.15, 0.2) is 30.2 Å². The molecule has 0 saturated carbocycles. The molecule has 0 bridgehead atoms. The summed E-state index contributed by atoms with van der Waals surface area (Å²) in [4.78, 5) is 19.5. The van der Waals surface area contributed by atoms with E-state index in [1.54, 1.807) is 22.3 Å². The number of rotatable bonds is 6. The highest BCUT2D eigenvalue weighted by Crippen LogP contribution is 2.18. The van der Waals surface area contributed by atoms with E-state index in [-0.39, 0.29) is 18.1 Å². The molecule has 1 amide bonds. The fraction of sp³-hybridized carbons (Fsp3) is 0.533. The van der Waals surface area contributed by atoms with E-state index in [0.717, 1.165) is 13.1 Å². The van der Waals surface area contributed by atoms with Gasteiger partial charge in [-0.3, -0.25) is 14.4 Å². The molecule has 23 heavy (non-hydrogen) atoms. The maximum absolute atomic E-state index is 12.2. The third-order valence-electron chi connectivity index (χ3n) is 3.79.